The SMILES string of the molecule is Cc1ccc(-c2c(CCl)csc2C)cc1C. The van der Waals surface area contributed by atoms with Crippen molar-refractivity contribution in [2.24, 2.45) is 0 Å². The molecule has 0 unspecified atom stereocenters. The van der Waals surface area contributed by atoms with E-state index in [1.54, 1.807) is 11.3 Å². The Balaban J connectivity index is 2.57. The van der Waals surface area contributed by atoms with Crippen LogP contribution in [0.4, 0.5) is 0 Å². The molecule has 0 saturated heterocycles. The quantitative estimate of drug-likeness (QED) is 0.652. The van der Waals surface area contributed by atoms with E-state index in [0.29, 0.717) is 5.88 Å². The maximum Gasteiger partial charge on any atom is 0.0488 e. The van der Waals surface area contributed by atoms with Gasteiger partial charge in [0.25, 0.3) is 0 Å². The van der Waals surface area contributed by atoms with Crippen LogP contribution in [-0.2, 0) is 5.88 Å². The Kier molecular flexibility index (Phi) is 3.36. The van der Waals surface area contributed by atoms with Crippen molar-refractivity contribution in [3.05, 3.63) is 45.1 Å². The van der Waals surface area contributed by atoms with E-state index in [1.807, 2.05) is 0 Å². The third-order valence-corrected chi connectivity index (χ3v) is 4.24. The predicted molar refractivity (Wildman–Crippen MR) is 73.5 cm³/mol. The summed E-state index contributed by atoms with van der Waals surface area (Å²) in [5, 5.41) is 2.16. The maximum absolute atomic E-state index is 5.97. The van der Waals surface area contributed by atoms with Crippen molar-refractivity contribution in [3.63, 3.8) is 0 Å². The zero-order valence-electron chi connectivity index (χ0n) is 9.80. The minimum atomic E-state index is 0.590. The Morgan fingerprint density at radius 2 is 1.88 bits per heavy atom. The first kappa shape index (κ1) is 11.7. The molecule has 0 N–H and O–H groups in total. The summed E-state index contributed by atoms with van der Waals surface area (Å²) in [5.41, 5.74) is 6.53. The van der Waals surface area contributed by atoms with Gasteiger partial charge in [0, 0.05) is 10.8 Å². The number of halogens is 1. The summed E-state index contributed by atoms with van der Waals surface area (Å²) < 4.78 is 0. The number of alkyl halides is 1. The molecule has 0 saturated carbocycles. The van der Waals surface area contributed by atoms with E-state index in [2.05, 4.69) is 44.4 Å². The summed E-state index contributed by atoms with van der Waals surface area (Å²) in [6.07, 6.45) is 0. The van der Waals surface area contributed by atoms with Crippen LogP contribution >= 0.6 is 22.9 Å². The first-order valence-electron chi connectivity index (χ1n) is 5.34. The maximum atomic E-state index is 5.97. The fourth-order valence-electron chi connectivity index (χ4n) is 1.89. The topological polar surface area (TPSA) is 0 Å². The Morgan fingerprint density at radius 1 is 1.12 bits per heavy atom. The number of hydrogen-bond acceptors (Lipinski definition) is 1. The van der Waals surface area contributed by atoms with Gasteiger partial charge in [-0.05, 0) is 54.0 Å². The second-order valence-corrected chi connectivity index (χ2v) is 5.48. The highest BCUT2D eigenvalue weighted by Crippen LogP contribution is 2.34. The van der Waals surface area contributed by atoms with Crippen molar-refractivity contribution < 1.29 is 0 Å². The molecule has 0 aliphatic carbocycles. The normalized spacial score (nSPS) is 10.8. The highest BCUT2D eigenvalue weighted by atomic mass is 35.5. The average molecular weight is 251 g/mol. The lowest BCUT2D eigenvalue weighted by Gasteiger charge is -2.07. The summed E-state index contributed by atoms with van der Waals surface area (Å²) in [6.45, 7) is 6.45. The molecule has 0 bridgehead atoms. The van der Waals surface area contributed by atoms with Gasteiger partial charge in [0.2, 0.25) is 0 Å². The van der Waals surface area contributed by atoms with E-state index in [0.717, 1.165) is 0 Å². The van der Waals surface area contributed by atoms with E-state index >= 15 is 0 Å². The van der Waals surface area contributed by atoms with Crippen LogP contribution in [-0.4, -0.2) is 0 Å². The van der Waals surface area contributed by atoms with Crippen molar-refractivity contribution in [3.8, 4) is 11.1 Å². The molecule has 0 radical (unpaired) electrons. The third kappa shape index (κ3) is 2.02. The monoisotopic (exact) mass is 250 g/mol. The van der Waals surface area contributed by atoms with Gasteiger partial charge >= 0.3 is 0 Å². The lowest BCUT2D eigenvalue weighted by Crippen LogP contribution is -1.86. The molecule has 0 aliphatic rings. The van der Waals surface area contributed by atoms with Crippen LogP contribution in [0.3, 0.4) is 0 Å². The molecule has 2 rings (SSSR count). The van der Waals surface area contributed by atoms with Crippen molar-refractivity contribution in [2.45, 2.75) is 26.7 Å². The van der Waals surface area contributed by atoms with Crippen LogP contribution in [0.2, 0.25) is 0 Å². The van der Waals surface area contributed by atoms with Gasteiger partial charge < -0.3 is 0 Å². The molecule has 2 aromatic rings. The molecule has 2 heteroatoms. The molecule has 1 aromatic heterocycles. The standard InChI is InChI=1S/C14H15ClS/c1-9-4-5-12(6-10(9)2)14-11(3)16-8-13(14)7-15/h4-6,8H,7H2,1-3H3. The first-order chi connectivity index (χ1) is 7.63. The Morgan fingerprint density at radius 3 is 2.50 bits per heavy atom. The lowest BCUT2D eigenvalue weighted by molar-refractivity contribution is 1.33. The minimum Gasteiger partial charge on any atom is -0.148 e. The van der Waals surface area contributed by atoms with E-state index in [4.69, 9.17) is 11.6 Å². The first-order valence-corrected chi connectivity index (χ1v) is 6.75. The van der Waals surface area contributed by atoms with Crippen molar-refractivity contribution in [1.82, 2.24) is 0 Å². The zero-order chi connectivity index (χ0) is 11.7. The number of benzene rings is 1. The van der Waals surface area contributed by atoms with Gasteiger partial charge in [-0.2, -0.15) is 0 Å². The van der Waals surface area contributed by atoms with Gasteiger partial charge in [-0.1, -0.05) is 18.2 Å². The summed E-state index contributed by atoms with van der Waals surface area (Å²) >= 11 is 7.75. The summed E-state index contributed by atoms with van der Waals surface area (Å²) in [5.74, 6) is 0.590. The highest BCUT2D eigenvalue weighted by molar-refractivity contribution is 7.10. The van der Waals surface area contributed by atoms with Crippen LogP contribution < -0.4 is 0 Å². The number of thiophene rings is 1. The van der Waals surface area contributed by atoms with Gasteiger partial charge in [-0.25, -0.2) is 0 Å². The average Bonchev–Trinajstić information content (AvgIpc) is 2.64. The highest BCUT2D eigenvalue weighted by Gasteiger charge is 2.10. The Bertz CT molecular complexity index is 511. The van der Waals surface area contributed by atoms with Crippen molar-refractivity contribution in [2.75, 3.05) is 0 Å². The molecule has 0 aliphatic heterocycles. The van der Waals surface area contributed by atoms with Crippen molar-refractivity contribution >= 4 is 22.9 Å². The molecule has 0 atom stereocenters. The number of rotatable bonds is 2. The Labute approximate surface area is 106 Å². The number of aryl methyl sites for hydroxylation is 3. The second kappa shape index (κ2) is 4.60. The lowest BCUT2D eigenvalue weighted by atomic mass is 9.99. The number of hydrogen-bond donors (Lipinski definition) is 0. The minimum absolute atomic E-state index is 0.590. The van der Waals surface area contributed by atoms with Gasteiger partial charge in [0.15, 0.2) is 0 Å². The van der Waals surface area contributed by atoms with Crippen LogP contribution in [0.1, 0.15) is 21.6 Å². The van der Waals surface area contributed by atoms with Gasteiger partial charge in [0.05, 0.1) is 0 Å². The van der Waals surface area contributed by atoms with Crippen LogP contribution in [0, 0.1) is 20.8 Å². The predicted octanol–water partition coefficient (Wildman–Crippen LogP) is 5.08. The molecule has 0 fully saturated rings. The van der Waals surface area contributed by atoms with Gasteiger partial charge in [0.1, 0.15) is 0 Å². The van der Waals surface area contributed by atoms with E-state index in [1.165, 1.54) is 32.7 Å². The van der Waals surface area contributed by atoms with E-state index < -0.39 is 0 Å². The van der Waals surface area contributed by atoms with Crippen LogP contribution in [0.5, 0.6) is 0 Å². The smallest absolute Gasteiger partial charge is 0.0488 e. The van der Waals surface area contributed by atoms with Gasteiger partial charge in [-0.15, -0.1) is 22.9 Å². The molecule has 1 aromatic carbocycles. The fourth-order valence-corrected chi connectivity index (χ4v) is 3.08. The Hall–Kier alpha value is -0.790. The summed E-state index contributed by atoms with van der Waals surface area (Å²) in [7, 11) is 0. The van der Waals surface area contributed by atoms with Crippen LogP contribution in [0.25, 0.3) is 11.1 Å². The molecule has 84 valence electrons. The molecule has 0 amide bonds. The summed E-state index contributed by atoms with van der Waals surface area (Å²) in [4.78, 5) is 1.35. The van der Waals surface area contributed by atoms with Gasteiger partial charge in [-0.3, -0.25) is 0 Å². The largest absolute Gasteiger partial charge is 0.148 e. The fraction of sp³-hybridized carbons (Fsp3) is 0.286. The molecule has 0 spiro atoms. The molecule has 0 nitrogen and oxygen atoms in total. The second-order valence-electron chi connectivity index (χ2n) is 4.12. The molecular formula is C14H15ClS. The molecular weight excluding hydrogens is 236 g/mol. The zero-order valence-corrected chi connectivity index (χ0v) is 11.4. The van der Waals surface area contributed by atoms with E-state index in [9.17, 15) is 0 Å². The third-order valence-electron chi connectivity index (χ3n) is 2.99. The summed E-state index contributed by atoms with van der Waals surface area (Å²) in [6, 6.07) is 6.62. The van der Waals surface area contributed by atoms with Crippen molar-refractivity contribution in [1.29, 1.82) is 0 Å². The molecule has 16 heavy (non-hydrogen) atoms. The molecule has 1 heterocycles. The van der Waals surface area contributed by atoms with E-state index in [-0.39, 0.29) is 0 Å². The van der Waals surface area contributed by atoms with Crippen LogP contribution in [0.15, 0.2) is 23.6 Å².